The van der Waals surface area contributed by atoms with Crippen molar-refractivity contribution in [1.29, 1.82) is 0 Å². The van der Waals surface area contributed by atoms with Gasteiger partial charge in [0.15, 0.2) is 17.3 Å². The van der Waals surface area contributed by atoms with Crippen molar-refractivity contribution in [2.75, 3.05) is 0 Å². The summed E-state index contributed by atoms with van der Waals surface area (Å²) in [7, 11) is 0. The number of ketones is 3. The van der Waals surface area contributed by atoms with E-state index in [4.69, 9.17) is 15.3 Å². The van der Waals surface area contributed by atoms with Crippen LogP contribution in [0.2, 0.25) is 0 Å². The summed E-state index contributed by atoms with van der Waals surface area (Å²) in [6.45, 7) is 39.2. The molecule has 12 rings (SSSR count). The second kappa shape index (κ2) is 21.8. The molecule has 0 amide bonds. The number of nitrogens with zero attached hydrogens (tertiary/aromatic N) is 3. The van der Waals surface area contributed by atoms with Gasteiger partial charge in [0.1, 0.15) is 17.5 Å². The van der Waals surface area contributed by atoms with Crippen LogP contribution in [0.25, 0.3) is 0 Å². The maximum Gasteiger partial charge on any atom is 0.160 e. The van der Waals surface area contributed by atoms with Gasteiger partial charge in [-0.25, -0.2) is 13.2 Å². The molecule has 1 unspecified atom stereocenters. The van der Waals surface area contributed by atoms with Gasteiger partial charge in [0, 0.05) is 105 Å². The number of carbonyl (C=O) groups excluding carboxylic acids is 3. The Balaban J connectivity index is 0.000000144. The minimum Gasteiger partial charge on any atom is -0.294 e. The lowest BCUT2D eigenvalue weighted by molar-refractivity contribution is -0.119. The van der Waals surface area contributed by atoms with Crippen molar-refractivity contribution >= 4 is 17.3 Å². The van der Waals surface area contributed by atoms with Crippen LogP contribution < -0.4 is 0 Å². The van der Waals surface area contributed by atoms with Crippen LogP contribution in [0.15, 0.2) is 106 Å². The number of aromatic amines is 3. The first-order valence-corrected chi connectivity index (χ1v) is 31.5. The van der Waals surface area contributed by atoms with Crippen molar-refractivity contribution in [2.24, 2.45) is 32.5 Å². The summed E-state index contributed by atoms with van der Waals surface area (Å²) in [4.78, 5) is 40.4. The van der Waals surface area contributed by atoms with Crippen molar-refractivity contribution in [3.8, 4) is 0 Å². The molecular formula is C75H93F3N6O3. The number of Topliss-reactive ketones (excluding diaryl/α,β-unsaturated/α-hetero) is 3. The molecule has 3 aromatic heterocycles. The highest BCUT2D eigenvalue weighted by Crippen LogP contribution is 2.57. The number of rotatable bonds is 6. The first kappa shape index (κ1) is 63.3. The van der Waals surface area contributed by atoms with Gasteiger partial charge >= 0.3 is 0 Å². The number of allylic oxidation sites excluding steroid dienone is 6. The van der Waals surface area contributed by atoms with E-state index in [2.05, 4.69) is 140 Å². The minimum absolute atomic E-state index is 0.0363. The van der Waals surface area contributed by atoms with Crippen molar-refractivity contribution in [1.82, 2.24) is 30.6 Å². The number of hydrogen-bond acceptors (Lipinski definition) is 6. The van der Waals surface area contributed by atoms with Crippen LogP contribution in [0, 0.1) is 49.9 Å². The standard InChI is InChI=1S/3C25H31FN2O/c3*1-23(2,3)13-19-22-18(27-28-19)11-15-12-24(4,5)14-20(29)21(15)25(22,6)16-7-9-17(26)10-8-16/h3*7-10H,11-14H2,1-6H3,(H,27,28)/t2*25-;/m10./s1. The Bertz CT molecular complexity index is 3410. The molecule has 0 saturated heterocycles. The molecule has 0 radical (unpaired) electrons. The van der Waals surface area contributed by atoms with Gasteiger partial charge in [-0.3, -0.25) is 29.7 Å². The first-order chi connectivity index (χ1) is 40.2. The summed E-state index contributed by atoms with van der Waals surface area (Å²) < 4.78 is 41.2. The van der Waals surface area contributed by atoms with Gasteiger partial charge in [-0.1, -0.05) is 157 Å². The molecule has 3 atom stereocenters. The molecule has 3 heterocycles. The van der Waals surface area contributed by atoms with Gasteiger partial charge in [-0.2, -0.15) is 15.3 Å². The first-order valence-electron chi connectivity index (χ1n) is 31.5. The molecule has 6 aliphatic carbocycles. The molecule has 0 fully saturated rings. The second-order valence-corrected chi connectivity index (χ2v) is 33.0. The largest absolute Gasteiger partial charge is 0.294 e. The molecule has 0 saturated carbocycles. The Morgan fingerprint density at radius 2 is 0.586 bits per heavy atom. The predicted molar refractivity (Wildman–Crippen MR) is 340 cm³/mol. The summed E-state index contributed by atoms with van der Waals surface area (Å²) >= 11 is 0. The lowest BCUT2D eigenvalue weighted by Crippen LogP contribution is -2.41. The second-order valence-electron chi connectivity index (χ2n) is 33.0. The average molecular weight is 1180 g/mol. The molecule has 6 aliphatic rings. The fourth-order valence-corrected chi connectivity index (χ4v) is 16.2. The van der Waals surface area contributed by atoms with Crippen LogP contribution >= 0.6 is 0 Å². The van der Waals surface area contributed by atoms with E-state index in [-0.39, 0.29) is 67.3 Å². The fraction of sp³-hybridized carbons (Fsp3) is 0.520. The number of hydrogen-bond donors (Lipinski definition) is 3. The van der Waals surface area contributed by atoms with E-state index in [0.29, 0.717) is 19.3 Å². The molecule has 0 bridgehead atoms. The highest BCUT2D eigenvalue weighted by Gasteiger charge is 2.53. The molecule has 0 aliphatic heterocycles. The van der Waals surface area contributed by atoms with Gasteiger partial charge < -0.3 is 0 Å². The maximum atomic E-state index is 13.7. The van der Waals surface area contributed by atoms with Crippen molar-refractivity contribution in [3.05, 3.63) is 191 Å². The average Bonchev–Trinajstić information content (AvgIpc) is 1.72. The van der Waals surface area contributed by atoms with Gasteiger partial charge in [0.25, 0.3) is 0 Å². The maximum absolute atomic E-state index is 13.7. The number of nitrogens with one attached hydrogen (secondary N) is 3. The van der Waals surface area contributed by atoms with Crippen molar-refractivity contribution in [2.45, 2.75) is 218 Å². The summed E-state index contributed by atoms with van der Waals surface area (Å²) in [6, 6.07) is 20.0. The number of aromatic nitrogens is 6. The van der Waals surface area contributed by atoms with E-state index in [1.807, 2.05) is 36.4 Å². The zero-order valence-electron chi connectivity index (χ0n) is 55.1. The van der Waals surface area contributed by atoms with Crippen LogP contribution in [0.3, 0.4) is 0 Å². The Labute approximate surface area is 514 Å². The quantitative estimate of drug-likeness (QED) is 0.152. The Hall–Kier alpha value is -6.69. The van der Waals surface area contributed by atoms with E-state index >= 15 is 0 Å². The Kier molecular flexibility index (Phi) is 15.9. The van der Waals surface area contributed by atoms with Crippen LogP contribution in [0.4, 0.5) is 13.2 Å². The van der Waals surface area contributed by atoms with E-state index in [9.17, 15) is 27.6 Å². The van der Waals surface area contributed by atoms with Crippen molar-refractivity contribution in [3.63, 3.8) is 0 Å². The van der Waals surface area contributed by atoms with E-state index in [1.165, 1.54) is 53.1 Å². The summed E-state index contributed by atoms with van der Waals surface area (Å²) in [6.07, 6.45) is 9.02. The SMILES string of the molecule is CC(C)(C)Cc1n[nH]c2c1C(C)(c1ccc(F)cc1)C1=C(C2)CC(C)(C)CC1=O.CC(C)(C)Cc1n[nH]c2c1[C@@](C)(c1ccc(F)cc1)C1=C(C2)CC(C)(C)CC1=O.CC(C)(C)Cc1n[nH]c2c1[C@](C)(c1ccc(F)cc1)C1=C(C2)CC(C)(C)CC1=O. The number of fused-ring (bicyclic) bond motifs is 3. The Morgan fingerprint density at radius 3 is 0.793 bits per heavy atom. The summed E-state index contributed by atoms with van der Waals surface area (Å²) in [5.41, 5.74) is 17.2. The summed E-state index contributed by atoms with van der Waals surface area (Å²) in [5, 5.41) is 24.0. The third-order valence-corrected chi connectivity index (χ3v) is 19.2. The minimum atomic E-state index is -0.613. The highest BCUT2D eigenvalue weighted by atomic mass is 19.1. The van der Waals surface area contributed by atoms with Crippen LogP contribution in [0.1, 0.15) is 231 Å². The van der Waals surface area contributed by atoms with Gasteiger partial charge in [0.05, 0.1) is 17.1 Å². The lowest BCUT2D eigenvalue weighted by atomic mass is 9.58. The van der Waals surface area contributed by atoms with Crippen LogP contribution in [-0.4, -0.2) is 47.9 Å². The molecule has 3 N–H and O–H groups in total. The highest BCUT2D eigenvalue weighted by molar-refractivity contribution is 6.03. The van der Waals surface area contributed by atoms with E-state index in [1.54, 1.807) is 0 Å². The zero-order valence-corrected chi connectivity index (χ0v) is 55.1. The number of halogens is 3. The number of carbonyl (C=O) groups is 3. The number of H-pyrrole nitrogens is 3. The molecule has 9 nitrogen and oxygen atoms in total. The number of benzene rings is 3. The molecular weight excluding hydrogens is 1090 g/mol. The molecule has 462 valence electrons. The van der Waals surface area contributed by atoms with Crippen molar-refractivity contribution < 1.29 is 27.6 Å². The normalized spacial score (nSPS) is 23.8. The summed E-state index contributed by atoms with van der Waals surface area (Å²) in [5.74, 6) is -0.132. The molecule has 87 heavy (non-hydrogen) atoms. The Morgan fingerprint density at radius 1 is 0.368 bits per heavy atom. The van der Waals surface area contributed by atoms with Gasteiger partial charge in [0.2, 0.25) is 0 Å². The van der Waals surface area contributed by atoms with E-state index in [0.717, 1.165) is 142 Å². The zero-order chi connectivity index (χ0) is 63.6. The molecule has 12 heteroatoms. The molecule has 3 aromatic carbocycles. The molecule has 6 aromatic rings. The lowest BCUT2D eigenvalue weighted by Gasteiger charge is -2.44. The predicted octanol–water partition coefficient (Wildman–Crippen LogP) is 17.1. The topological polar surface area (TPSA) is 137 Å². The third-order valence-electron chi connectivity index (χ3n) is 19.2. The fourth-order valence-electron chi connectivity index (χ4n) is 16.2. The van der Waals surface area contributed by atoms with Crippen LogP contribution in [-0.2, 0) is 69.2 Å². The molecule has 0 spiro atoms. The smallest absolute Gasteiger partial charge is 0.160 e. The third kappa shape index (κ3) is 12.2. The monoisotopic (exact) mass is 1180 g/mol. The van der Waals surface area contributed by atoms with Crippen LogP contribution in [0.5, 0.6) is 0 Å². The van der Waals surface area contributed by atoms with E-state index < -0.39 is 16.2 Å². The van der Waals surface area contributed by atoms with Gasteiger partial charge in [-0.15, -0.1) is 0 Å². The van der Waals surface area contributed by atoms with Gasteiger partial charge in [-0.05, 0) is 145 Å².